The molecule has 0 aliphatic carbocycles. The number of thioether (sulfide) groups is 1. The highest BCUT2D eigenvalue weighted by atomic mass is 32.2. The summed E-state index contributed by atoms with van der Waals surface area (Å²) >= 11 is 3.65. The van der Waals surface area contributed by atoms with Crippen LogP contribution in [-0.2, 0) is 7.05 Å². The van der Waals surface area contributed by atoms with Gasteiger partial charge >= 0.3 is 7.25 Å². The number of aromatic nitrogens is 1. The van der Waals surface area contributed by atoms with Crippen LogP contribution < -0.4 is 4.57 Å². The van der Waals surface area contributed by atoms with E-state index in [1.807, 2.05) is 11.3 Å². The number of para-hydroxylation sites is 1. The SMILES string of the molecule is CSc1sc2ccccc2[n+]1C.F[B-](F)(F)F. The molecular formula is C9H10BF4NS2. The predicted molar refractivity (Wildman–Crippen MR) is 65.0 cm³/mol. The zero-order valence-corrected chi connectivity index (χ0v) is 10.8. The van der Waals surface area contributed by atoms with Crippen molar-refractivity contribution in [3.05, 3.63) is 24.3 Å². The maximum Gasteiger partial charge on any atom is 0.673 e. The molecule has 0 bridgehead atoms. The third-order valence-electron chi connectivity index (χ3n) is 1.87. The smallest absolute Gasteiger partial charge is 0.418 e. The molecule has 0 N–H and O–H groups in total. The first-order valence-electron chi connectivity index (χ1n) is 4.62. The second-order valence-electron chi connectivity index (χ2n) is 3.09. The quantitative estimate of drug-likeness (QED) is 0.334. The van der Waals surface area contributed by atoms with Crippen molar-refractivity contribution < 1.29 is 21.8 Å². The maximum absolute atomic E-state index is 9.75. The number of fused-ring (bicyclic) bond motifs is 1. The molecule has 1 aromatic heterocycles. The Morgan fingerprint density at radius 3 is 2.18 bits per heavy atom. The summed E-state index contributed by atoms with van der Waals surface area (Å²) in [4.78, 5) is 0. The lowest BCUT2D eigenvalue weighted by Crippen LogP contribution is -2.27. The molecule has 94 valence electrons. The molecular weight excluding hydrogens is 273 g/mol. The average Bonchev–Trinajstić information content (AvgIpc) is 2.54. The molecule has 2 rings (SSSR count). The largest absolute Gasteiger partial charge is 0.673 e. The Morgan fingerprint density at radius 1 is 1.18 bits per heavy atom. The molecule has 0 fully saturated rings. The number of benzene rings is 1. The highest BCUT2D eigenvalue weighted by Gasteiger charge is 2.20. The number of hydrogen-bond acceptors (Lipinski definition) is 2. The second-order valence-corrected chi connectivity index (χ2v) is 5.18. The first-order chi connectivity index (χ1) is 7.83. The minimum absolute atomic E-state index is 1.33. The van der Waals surface area contributed by atoms with Gasteiger partial charge in [-0.1, -0.05) is 23.5 Å². The summed E-state index contributed by atoms with van der Waals surface area (Å²) in [6.07, 6.45) is 2.12. The zero-order chi connectivity index (χ0) is 13.1. The van der Waals surface area contributed by atoms with Gasteiger partial charge in [-0.25, -0.2) is 0 Å². The summed E-state index contributed by atoms with van der Waals surface area (Å²) in [6, 6.07) is 8.49. The summed E-state index contributed by atoms with van der Waals surface area (Å²) in [5.74, 6) is 0. The predicted octanol–water partition coefficient (Wildman–Crippen LogP) is 3.75. The van der Waals surface area contributed by atoms with Crippen LogP contribution in [0.3, 0.4) is 0 Å². The first kappa shape index (κ1) is 14.3. The van der Waals surface area contributed by atoms with Gasteiger partial charge in [0.05, 0.1) is 0 Å². The Bertz CT molecular complexity index is 491. The summed E-state index contributed by atoms with van der Waals surface area (Å²) in [7, 11) is -3.88. The van der Waals surface area contributed by atoms with Crippen molar-refractivity contribution in [2.75, 3.05) is 6.26 Å². The van der Waals surface area contributed by atoms with Crippen LogP contribution in [0, 0.1) is 0 Å². The van der Waals surface area contributed by atoms with Crippen molar-refractivity contribution in [1.29, 1.82) is 0 Å². The van der Waals surface area contributed by atoms with Crippen LogP contribution >= 0.6 is 23.1 Å². The van der Waals surface area contributed by atoms with Crippen molar-refractivity contribution in [1.82, 2.24) is 0 Å². The molecule has 0 spiro atoms. The number of rotatable bonds is 1. The van der Waals surface area contributed by atoms with E-state index in [0.29, 0.717) is 0 Å². The van der Waals surface area contributed by atoms with Gasteiger partial charge in [0.15, 0.2) is 0 Å². The van der Waals surface area contributed by atoms with Crippen LogP contribution in [0.1, 0.15) is 0 Å². The van der Waals surface area contributed by atoms with E-state index in [4.69, 9.17) is 0 Å². The Balaban J connectivity index is 0.000000249. The van der Waals surface area contributed by atoms with E-state index in [-0.39, 0.29) is 0 Å². The number of halogens is 4. The molecule has 0 atom stereocenters. The molecule has 0 amide bonds. The van der Waals surface area contributed by atoms with E-state index in [1.165, 1.54) is 14.6 Å². The van der Waals surface area contributed by atoms with Gasteiger partial charge in [-0.3, -0.25) is 0 Å². The molecule has 0 aliphatic heterocycles. The molecule has 0 aliphatic rings. The van der Waals surface area contributed by atoms with Crippen LogP contribution in [0.5, 0.6) is 0 Å². The monoisotopic (exact) mass is 283 g/mol. The van der Waals surface area contributed by atoms with Crippen LogP contribution in [0.25, 0.3) is 10.2 Å². The van der Waals surface area contributed by atoms with E-state index < -0.39 is 7.25 Å². The van der Waals surface area contributed by atoms with Crippen LogP contribution in [-0.4, -0.2) is 13.5 Å². The Hall–Kier alpha value is -0.755. The molecule has 1 aromatic carbocycles. The number of aryl methyl sites for hydroxylation is 1. The molecule has 17 heavy (non-hydrogen) atoms. The van der Waals surface area contributed by atoms with Crippen molar-refractivity contribution in [2.45, 2.75) is 4.34 Å². The highest BCUT2D eigenvalue weighted by molar-refractivity contribution is 8.00. The number of thiazole rings is 1. The van der Waals surface area contributed by atoms with Gasteiger partial charge in [0.2, 0.25) is 5.52 Å². The Kier molecular flexibility index (Phi) is 4.82. The van der Waals surface area contributed by atoms with Gasteiger partial charge in [-0.15, -0.1) is 0 Å². The average molecular weight is 283 g/mol. The normalized spacial score (nSPS) is 11.2. The van der Waals surface area contributed by atoms with Gasteiger partial charge in [0, 0.05) is 6.07 Å². The molecule has 1 heterocycles. The maximum atomic E-state index is 9.75. The van der Waals surface area contributed by atoms with Crippen molar-refractivity contribution in [3.8, 4) is 0 Å². The molecule has 2 aromatic rings. The Labute approximate surface area is 105 Å². The lowest BCUT2D eigenvalue weighted by molar-refractivity contribution is -0.676. The van der Waals surface area contributed by atoms with Gasteiger partial charge in [0.1, 0.15) is 11.7 Å². The first-order valence-corrected chi connectivity index (χ1v) is 6.66. The van der Waals surface area contributed by atoms with Crippen LogP contribution in [0.2, 0.25) is 0 Å². The minimum Gasteiger partial charge on any atom is -0.418 e. The van der Waals surface area contributed by atoms with E-state index in [0.717, 1.165) is 0 Å². The van der Waals surface area contributed by atoms with Crippen molar-refractivity contribution in [2.24, 2.45) is 7.05 Å². The summed E-state index contributed by atoms with van der Waals surface area (Å²) in [5.41, 5.74) is 1.33. The molecule has 0 unspecified atom stereocenters. The minimum atomic E-state index is -6.00. The molecule has 0 saturated heterocycles. The van der Waals surface area contributed by atoms with Crippen LogP contribution in [0.4, 0.5) is 17.3 Å². The highest BCUT2D eigenvalue weighted by Crippen LogP contribution is 2.25. The van der Waals surface area contributed by atoms with E-state index in [1.54, 1.807) is 11.8 Å². The van der Waals surface area contributed by atoms with Gasteiger partial charge in [0.25, 0.3) is 4.34 Å². The Morgan fingerprint density at radius 2 is 1.71 bits per heavy atom. The second kappa shape index (κ2) is 5.73. The van der Waals surface area contributed by atoms with Gasteiger partial charge in [-0.2, -0.15) is 4.57 Å². The van der Waals surface area contributed by atoms with Crippen molar-refractivity contribution in [3.63, 3.8) is 0 Å². The fourth-order valence-electron chi connectivity index (χ4n) is 1.26. The molecule has 0 saturated carbocycles. The number of nitrogens with zero attached hydrogens (tertiary/aromatic N) is 1. The summed E-state index contributed by atoms with van der Waals surface area (Å²) in [5, 5.41) is 0. The fraction of sp³-hybridized carbons (Fsp3) is 0.222. The fourth-order valence-corrected chi connectivity index (χ4v) is 3.11. The van der Waals surface area contributed by atoms with E-state index >= 15 is 0 Å². The third-order valence-corrected chi connectivity index (χ3v) is 4.26. The van der Waals surface area contributed by atoms with E-state index in [2.05, 4.69) is 42.1 Å². The zero-order valence-electron chi connectivity index (χ0n) is 9.16. The summed E-state index contributed by atoms with van der Waals surface area (Å²) < 4.78 is 44.0. The third kappa shape index (κ3) is 4.55. The van der Waals surface area contributed by atoms with Gasteiger partial charge in [-0.05, 0) is 24.1 Å². The van der Waals surface area contributed by atoms with Crippen molar-refractivity contribution >= 4 is 40.6 Å². The molecule has 8 heteroatoms. The molecule has 1 nitrogen and oxygen atoms in total. The molecule has 0 radical (unpaired) electrons. The van der Waals surface area contributed by atoms with E-state index in [9.17, 15) is 17.3 Å². The lowest BCUT2D eigenvalue weighted by atomic mass is 10.3. The van der Waals surface area contributed by atoms with Crippen LogP contribution in [0.15, 0.2) is 28.6 Å². The topological polar surface area (TPSA) is 3.88 Å². The van der Waals surface area contributed by atoms with Gasteiger partial charge < -0.3 is 17.3 Å². The number of hydrogen-bond donors (Lipinski definition) is 0. The summed E-state index contributed by atoms with van der Waals surface area (Å²) in [6.45, 7) is 0. The lowest BCUT2D eigenvalue weighted by Gasteiger charge is -1.94. The standard InChI is InChI=1S/C9H10NS2.BF4/c1-10-7-5-3-4-6-8(7)12-9(10)11-2;2-1(3,4)5/h3-6H,1-2H3;/q+1;-1.